The summed E-state index contributed by atoms with van der Waals surface area (Å²) in [4.78, 5) is 28.3. The number of benzene rings is 1. The summed E-state index contributed by atoms with van der Waals surface area (Å²) < 4.78 is 18.1. The molecule has 0 unspecified atom stereocenters. The number of rotatable bonds is 9. The van der Waals surface area contributed by atoms with Gasteiger partial charge in [-0.05, 0) is 30.8 Å². The van der Waals surface area contributed by atoms with Crippen LogP contribution in [0.15, 0.2) is 22.0 Å². The molecule has 0 fully saturated rings. The number of hydrazone groups is 1. The second-order valence-corrected chi connectivity index (χ2v) is 8.13. The van der Waals surface area contributed by atoms with Crippen molar-refractivity contribution < 1.29 is 24.1 Å². The van der Waals surface area contributed by atoms with Crippen molar-refractivity contribution in [3.05, 3.63) is 38.4 Å². The molecule has 1 aliphatic rings. The quantitative estimate of drug-likeness (QED) is 0.516. The van der Waals surface area contributed by atoms with Crippen LogP contribution >= 0.6 is 12.2 Å². The van der Waals surface area contributed by atoms with Gasteiger partial charge in [0.1, 0.15) is 5.56 Å². The number of aromatic amines is 1. The number of amides is 1. The number of aromatic nitrogens is 2. The summed E-state index contributed by atoms with van der Waals surface area (Å²) in [5, 5.41) is 16.8. The second-order valence-electron chi connectivity index (χ2n) is 7.75. The Kier molecular flexibility index (Phi) is 7.98. The summed E-state index contributed by atoms with van der Waals surface area (Å²) in [5.74, 6) is 0.752. The monoisotopic (exact) mass is 490 g/mol. The molecule has 0 spiro atoms. The Morgan fingerprint density at radius 3 is 2.50 bits per heavy atom. The zero-order valence-corrected chi connectivity index (χ0v) is 20.8. The summed E-state index contributed by atoms with van der Waals surface area (Å²) in [6.45, 7) is 4.19. The van der Waals surface area contributed by atoms with Crippen molar-refractivity contribution in [2.24, 2.45) is 5.10 Å². The highest BCUT2D eigenvalue weighted by Crippen LogP contribution is 2.46. The molecule has 2 heterocycles. The van der Waals surface area contributed by atoms with E-state index in [1.54, 1.807) is 19.1 Å². The van der Waals surface area contributed by atoms with Gasteiger partial charge in [-0.3, -0.25) is 19.1 Å². The van der Waals surface area contributed by atoms with Crippen LogP contribution < -0.4 is 19.8 Å². The van der Waals surface area contributed by atoms with Crippen LogP contribution in [0.25, 0.3) is 0 Å². The first-order valence-corrected chi connectivity index (χ1v) is 11.5. The smallest absolute Gasteiger partial charge is 0.264 e. The minimum Gasteiger partial charge on any atom is -0.494 e. The van der Waals surface area contributed by atoms with Crippen molar-refractivity contribution in [3.8, 4) is 23.1 Å². The van der Waals surface area contributed by atoms with Gasteiger partial charge in [-0.1, -0.05) is 20.3 Å². The van der Waals surface area contributed by atoms with E-state index in [4.69, 9.17) is 26.4 Å². The number of methoxy groups -OCH3 is 3. The number of H-pyrrole nitrogens is 1. The number of ether oxygens (including phenoxy) is 3. The standard InChI is InChI=1S/C23H30N4O6S/c1-6-8-11-26-22(30)18(21(29)24-23(26)34)14-12-15(27(25-14)17(28)7-2)13-9-10-16(31-3)20(33-5)19(13)32-4/h9-10,15,30H,6-8,11-12H2,1-5H3,(H,24,29,34)/t15-/m0/s1. The maximum Gasteiger partial charge on any atom is 0.264 e. The number of carbonyl (C=O) groups is 1. The van der Waals surface area contributed by atoms with E-state index in [0.29, 0.717) is 29.4 Å². The Morgan fingerprint density at radius 1 is 1.21 bits per heavy atom. The number of aromatic hydroxyl groups is 1. The summed E-state index contributed by atoms with van der Waals surface area (Å²) in [5.41, 5.74) is 0.358. The number of unbranched alkanes of at least 4 members (excludes halogenated alkanes) is 1. The van der Waals surface area contributed by atoms with Gasteiger partial charge in [0, 0.05) is 24.9 Å². The Bertz CT molecular complexity index is 1220. The lowest BCUT2D eigenvalue weighted by Crippen LogP contribution is -2.26. The highest BCUT2D eigenvalue weighted by atomic mass is 32.1. The molecule has 10 nitrogen and oxygen atoms in total. The number of carbonyl (C=O) groups excluding carboxylic acids is 1. The van der Waals surface area contributed by atoms with E-state index in [1.807, 2.05) is 6.92 Å². The summed E-state index contributed by atoms with van der Waals surface area (Å²) in [7, 11) is 4.52. The van der Waals surface area contributed by atoms with E-state index in [2.05, 4.69) is 10.1 Å². The van der Waals surface area contributed by atoms with Crippen LogP contribution in [-0.2, 0) is 11.3 Å². The van der Waals surface area contributed by atoms with E-state index < -0.39 is 11.6 Å². The number of hydrogen-bond donors (Lipinski definition) is 2. The fraction of sp³-hybridized carbons (Fsp3) is 0.478. The van der Waals surface area contributed by atoms with Gasteiger partial charge in [0.2, 0.25) is 17.5 Å². The molecule has 0 saturated heterocycles. The predicted octanol–water partition coefficient (Wildman–Crippen LogP) is 3.53. The molecule has 1 amide bonds. The topological polar surface area (TPSA) is 118 Å². The van der Waals surface area contributed by atoms with Gasteiger partial charge >= 0.3 is 0 Å². The first-order chi connectivity index (χ1) is 16.3. The van der Waals surface area contributed by atoms with E-state index >= 15 is 0 Å². The fourth-order valence-corrected chi connectivity index (χ4v) is 4.30. The third-order valence-electron chi connectivity index (χ3n) is 5.76. The van der Waals surface area contributed by atoms with Crippen LogP contribution in [0.5, 0.6) is 23.1 Å². The second kappa shape index (κ2) is 10.7. The average molecular weight is 491 g/mol. The largest absolute Gasteiger partial charge is 0.494 e. The highest BCUT2D eigenvalue weighted by Gasteiger charge is 2.37. The number of nitrogens with zero attached hydrogens (tertiary/aromatic N) is 3. The molecule has 2 N–H and O–H groups in total. The minimum absolute atomic E-state index is 0.000509. The van der Waals surface area contributed by atoms with Gasteiger partial charge in [-0.15, -0.1) is 0 Å². The van der Waals surface area contributed by atoms with E-state index in [-0.39, 0.29) is 40.7 Å². The highest BCUT2D eigenvalue weighted by molar-refractivity contribution is 7.71. The van der Waals surface area contributed by atoms with E-state index in [0.717, 1.165) is 12.8 Å². The van der Waals surface area contributed by atoms with Crippen molar-refractivity contribution in [1.29, 1.82) is 0 Å². The maximum absolute atomic E-state index is 12.8. The van der Waals surface area contributed by atoms with Gasteiger partial charge < -0.3 is 19.3 Å². The molecule has 1 aromatic carbocycles. The van der Waals surface area contributed by atoms with Crippen molar-refractivity contribution >= 4 is 23.8 Å². The summed E-state index contributed by atoms with van der Waals surface area (Å²) in [6, 6.07) is 2.92. The van der Waals surface area contributed by atoms with Gasteiger partial charge in [-0.25, -0.2) is 5.01 Å². The first-order valence-electron chi connectivity index (χ1n) is 11.1. The summed E-state index contributed by atoms with van der Waals surface area (Å²) >= 11 is 5.24. The molecule has 1 atom stereocenters. The van der Waals surface area contributed by atoms with E-state index in [9.17, 15) is 14.7 Å². The Hall–Kier alpha value is -3.34. The lowest BCUT2D eigenvalue weighted by Gasteiger charge is -2.24. The molecule has 0 saturated carbocycles. The van der Waals surface area contributed by atoms with Crippen LogP contribution in [0.2, 0.25) is 0 Å². The Balaban J connectivity index is 2.15. The average Bonchev–Trinajstić information content (AvgIpc) is 3.26. The van der Waals surface area contributed by atoms with Crippen LogP contribution in [0.3, 0.4) is 0 Å². The normalized spacial score (nSPS) is 15.3. The first kappa shape index (κ1) is 25.3. The summed E-state index contributed by atoms with van der Waals surface area (Å²) in [6.07, 6.45) is 2.04. The maximum atomic E-state index is 12.8. The van der Waals surface area contributed by atoms with Gasteiger partial charge in [0.05, 0.1) is 33.1 Å². The number of nitrogens with one attached hydrogen (secondary N) is 1. The molecule has 0 bridgehead atoms. The fourth-order valence-electron chi connectivity index (χ4n) is 4.03. The molecular formula is C23H30N4O6S. The van der Waals surface area contributed by atoms with Crippen molar-refractivity contribution in [1.82, 2.24) is 14.6 Å². The molecule has 1 aliphatic heterocycles. The molecule has 2 aromatic rings. The number of hydrogen-bond acceptors (Lipinski definition) is 8. The van der Waals surface area contributed by atoms with Crippen LogP contribution in [0.4, 0.5) is 0 Å². The molecule has 11 heteroatoms. The van der Waals surface area contributed by atoms with Crippen molar-refractivity contribution in [3.63, 3.8) is 0 Å². The molecule has 34 heavy (non-hydrogen) atoms. The zero-order chi connectivity index (χ0) is 25.0. The van der Waals surface area contributed by atoms with Crippen LogP contribution in [0, 0.1) is 4.77 Å². The molecule has 3 rings (SSSR count). The lowest BCUT2D eigenvalue weighted by atomic mass is 9.97. The minimum atomic E-state index is -0.580. The molecule has 1 aromatic heterocycles. The predicted molar refractivity (Wildman–Crippen MR) is 130 cm³/mol. The van der Waals surface area contributed by atoms with Crippen molar-refractivity contribution in [2.45, 2.75) is 52.1 Å². The third-order valence-corrected chi connectivity index (χ3v) is 6.08. The van der Waals surface area contributed by atoms with Gasteiger partial charge in [0.25, 0.3) is 5.56 Å². The Morgan fingerprint density at radius 2 is 1.91 bits per heavy atom. The SMILES string of the molecule is CCCCn1c(O)c(C2=NN(C(=O)CC)[C@H](c3ccc(OC)c(OC)c3OC)C2)c(=O)[nH]c1=S. The van der Waals surface area contributed by atoms with E-state index in [1.165, 1.54) is 30.9 Å². The van der Waals surface area contributed by atoms with Gasteiger partial charge in [-0.2, -0.15) is 5.10 Å². The lowest BCUT2D eigenvalue weighted by molar-refractivity contribution is -0.132. The third kappa shape index (κ3) is 4.52. The molecule has 0 radical (unpaired) electrons. The van der Waals surface area contributed by atoms with Gasteiger partial charge in [0.15, 0.2) is 16.3 Å². The Labute approximate surface area is 202 Å². The molecule has 184 valence electrons. The zero-order valence-electron chi connectivity index (χ0n) is 20.0. The molecular weight excluding hydrogens is 460 g/mol. The molecule has 0 aliphatic carbocycles. The van der Waals surface area contributed by atoms with Crippen LogP contribution in [-0.4, -0.2) is 52.6 Å². The van der Waals surface area contributed by atoms with Crippen molar-refractivity contribution in [2.75, 3.05) is 21.3 Å². The van der Waals surface area contributed by atoms with Crippen LogP contribution in [0.1, 0.15) is 56.7 Å².